The molecule has 0 heterocycles. The molecule has 1 fully saturated rings. The van der Waals surface area contributed by atoms with Crippen LogP contribution < -0.4 is 0 Å². The van der Waals surface area contributed by atoms with Crippen LogP contribution >= 0.6 is 0 Å². The van der Waals surface area contributed by atoms with Crippen molar-refractivity contribution in [3.05, 3.63) is 48.3 Å². The van der Waals surface area contributed by atoms with Gasteiger partial charge >= 0.3 is 0 Å². The van der Waals surface area contributed by atoms with E-state index in [0.717, 1.165) is 12.3 Å². The van der Waals surface area contributed by atoms with Crippen LogP contribution in [0.3, 0.4) is 0 Å². The molecule has 1 aromatic carbocycles. The second-order valence-electron chi connectivity index (χ2n) is 5.50. The minimum Gasteiger partial charge on any atom is -0.207 e. The molecule has 1 aliphatic carbocycles. The van der Waals surface area contributed by atoms with Crippen molar-refractivity contribution in [2.45, 2.75) is 50.9 Å². The zero-order chi connectivity index (χ0) is 12.8. The normalized spacial score (nSPS) is 23.8. The molecule has 0 radical (unpaired) electrons. The number of benzene rings is 1. The highest BCUT2D eigenvalue weighted by Gasteiger charge is 2.22. The molecule has 0 nitrogen and oxygen atoms in total. The average Bonchev–Trinajstić information content (AvgIpc) is 2.40. The highest BCUT2D eigenvalue weighted by molar-refractivity contribution is 5.21. The predicted octanol–water partition coefficient (Wildman–Crippen LogP) is 5.46. The van der Waals surface area contributed by atoms with Gasteiger partial charge in [0.1, 0.15) is 5.82 Å². The second kappa shape index (κ2) is 6.72. The first-order chi connectivity index (χ1) is 8.79. The van der Waals surface area contributed by atoms with Gasteiger partial charge in [0.2, 0.25) is 0 Å². The van der Waals surface area contributed by atoms with Gasteiger partial charge < -0.3 is 0 Å². The van der Waals surface area contributed by atoms with E-state index in [1.165, 1.54) is 44.1 Å². The van der Waals surface area contributed by atoms with Gasteiger partial charge in [0.05, 0.1) is 0 Å². The fourth-order valence-electron chi connectivity index (χ4n) is 3.14. The Kier molecular flexibility index (Phi) is 4.98. The predicted molar refractivity (Wildman–Crippen MR) is 75.1 cm³/mol. The molecule has 2 rings (SSSR count). The Balaban J connectivity index is 1.89. The van der Waals surface area contributed by atoms with Gasteiger partial charge in [0.25, 0.3) is 0 Å². The smallest absolute Gasteiger partial charge is 0.123 e. The summed E-state index contributed by atoms with van der Waals surface area (Å²) in [6, 6.07) is 7.12. The third-order valence-electron chi connectivity index (χ3n) is 4.14. The van der Waals surface area contributed by atoms with Crippen molar-refractivity contribution >= 4 is 0 Å². The number of unbranched alkanes of at least 4 members (excludes halogenated alkanes) is 1. The molecule has 1 aliphatic rings. The van der Waals surface area contributed by atoms with Crippen molar-refractivity contribution in [3.63, 3.8) is 0 Å². The fourth-order valence-corrected chi connectivity index (χ4v) is 3.14. The lowest BCUT2D eigenvalue weighted by Gasteiger charge is -2.29. The maximum absolute atomic E-state index is 12.9. The fraction of sp³-hybridized carbons (Fsp3) is 0.529. The maximum atomic E-state index is 12.9. The average molecular weight is 246 g/mol. The van der Waals surface area contributed by atoms with Gasteiger partial charge in [-0.2, -0.15) is 0 Å². The number of rotatable bonds is 5. The summed E-state index contributed by atoms with van der Waals surface area (Å²) in [6.45, 7) is 3.78. The Morgan fingerprint density at radius 1 is 1.22 bits per heavy atom. The summed E-state index contributed by atoms with van der Waals surface area (Å²) in [6.07, 6.45) is 11.0. The molecule has 2 unspecified atom stereocenters. The van der Waals surface area contributed by atoms with Crippen LogP contribution in [0, 0.1) is 11.7 Å². The molecule has 18 heavy (non-hydrogen) atoms. The number of halogens is 1. The molecule has 2 atom stereocenters. The van der Waals surface area contributed by atoms with Gasteiger partial charge in [-0.25, -0.2) is 4.39 Å². The maximum Gasteiger partial charge on any atom is 0.123 e. The molecule has 1 aromatic rings. The molecule has 0 bridgehead atoms. The minimum atomic E-state index is -0.128. The molecule has 98 valence electrons. The SMILES string of the molecule is C=CCCCC1CCCC(c2ccc(F)cc2)C1. The molecule has 0 N–H and O–H groups in total. The van der Waals surface area contributed by atoms with Crippen molar-refractivity contribution in [1.29, 1.82) is 0 Å². The minimum absolute atomic E-state index is 0.128. The Hall–Kier alpha value is -1.11. The van der Waals surface area contributed by atoms with Crippen molar-refractivity contribution in [2.75, 3.05) is 0 Å². The summed E-state index contributed by atoms with van der Waals surface area (Å²) in [5.41, 5.74) is 1.32. The van der Waals surface area contributed by atoms with Crippen molar-refractivity contribution in [3.8, 4) is 0 Å². The molecule has 0 aromatic heterocycles. The van der Waals surface area contributed by atoms with Crippen LogP contribution in [0.5, 0.6) is 0 Å². The molecule has 1 saturated carbocycles. The summed E-state index contributed by atoms with van der Waals surface area (Å²) in [5.74, 6) is 1.37. The van der Waals surface area contributed by atoms with Crippen molar-refractivity contribution in [1.82, 2.24) is 0 Å². The third kappa shape index (κ3) is 3.69. The highest BCUT2D eigenvalue weighted by atomic mass is 19.1. The van der Waals surface area contributed by atoms with Crippen LogP contribution in [0.25, 0.3) is 0 Å². The van der Waals surface area contributed by atoms with Gasteiger partial charge in [-0.05, 0) is 55.2 Å². The first-order valence-corrected chi connectivity index (χ1v) is 7.16. The molecule has 0 amide bonds. The van der Waals surface area contributed by atoms with E-state index < -0.39 is 0 Å². The van der Waals surface area contributed by atoms with E-state index in [9.17, 15) is 4.39 Å². The number of allylic oxidation sites excluding steroid dienone is 1. The van der Waals surface area contributed by atoms with Crippen LogP contribution in [0.2, 0.25) is 0 Å². The molecular weight excluding hydrogens is 223 g/mol. The quantitative estimate of drug-likeness (QED) is 0.478. The summed E-state index contributed by atoms with van der Waals surface area (Å²) in [5, 5.41) is 0. The second-order valence-corrected chi connectivity index (χ2v) is 5.50. The molecular formula is C17H23F. The number of hydrogen-bond donors (Lipinski definition) is 0. The Morgan fingerprint density at radius 2 is 2.00 bits per heavy atom. The van der Waals surface area contributed by atoms with E-state index in [0.29, 0.717) is 5.92 Å². The standard InChI is InChI=1S/C17H23F/c1-2-3-4-6-14-7-5-8-16(13-14)15-9-11-17(18)12-10-15/h2,9-12,14,16H,1,3-8,13H2. The number of hydrogen-bond acceptors (Lipinski definition) is 0. The van der Waals surface area contributed by atoms with Crippen molar-refractivity contribution < 1.29 is 4.39 Å². The highest BCUT2D eigenvalue weighted by Crippen LogP contribution is 2.38. The lowest BCUT2D eigenvalue weighted by atomic mass is 9.76. The largest absolute Gasteiger partial charge is 0.207 e. The van der Waals surface area contributed by atoms with E-state index in [4.69, 9.17) is 0 Å². The third-order valence-corrected chi connectivity index (χ3v) is 4.14. The van der Waals surface area contributed by atoms with Gasteiger partial charge in [0, 0.05) is 0 Å². The first kappa shape index (κ1) is 13.3. The molecule has 0 aliphatic heterocycles. The van der Waals surface area contributed by atoms with E-state index in [1.807, 2.05) is 18.2 Å². The van der Waals surface area contributed by atoms with E-state index >= 15 is 0 Å². The van der Waals surface area contributed by atoms with Gasteiger partial charge in [0.15, 0.2) is 0 Å². The first-order valence-electron chi connectivity index (χ1n) is 7.16. The van der Waals surface area contributed by atoms with Crippen LogP contribution in [-0.4, -0.2) is 0 Å². The van der Waals surface area contributed by atoms with Crippen LogP contribution in [0.1, 0.15) is 56.4 Å². The topological polar surface area (TPSA) is 0 Å². The van der Waals surface area contributed by atoms with Gasteiger partial charge in [-0.3, -0.25) is 0 Å². The summed E-state index contributed by atoms with van der Waals surface area (Å²) >= 11 is 0. The van der Waals surface area contributed by atoms with E-state index in [1.54, 1.807) is 12.1 Å². The zero-order valence-electron chi connectivity index (χ0n) is 11.1. The van der Waals surface area contributed by atoms with Crippen LogP contribution in [0.15, 0.2) is 36.9 Å². The molecule has 0 spiro atoms. The monoisotopic (exact) mass is 246 g/mol. The summed E-state index contributed by atoms with van der Waals surface area (Å²) in [4.78, 5) is 0. The molecule has 1 heteroatoms. The summed E-state index contributed by atoms with van der Waals surface area (Å²) < 4.78 is 12.9. The lowest BCUT2D eigenvalue weighted by molar-refractivity contribution is 0.301. The lowest BCUT2D eigenvalue weighted by Crippen LogP contribution is -2.14. The Morgan fingerprint density at radius 3 is 2.72 bits per heavy atom. The Labute approximate surface area is 110 Å². The molecule has 0 saturated heterocycles. The van der Waals surface area contributed by atoms with E-state index in [-0.39, 0.29) is 5.82 Å². The summed E-state index contributed by atoms with van der Waals surface area (Å²) in [7, 11) is 0. The van der Waals surface area contributed by atoms with E-state index in [2.05, 4.69) is 6.58 Å². The van der Waals surface area contributed by atoms with Gasteiger partial charge in [-0.1, -0.05) is 37.5 Å². The van der Waals surface area contributed by atoms with Crippen LogP contribution in [-0.2, 0) is 0 Å². The van der Waals surface area contributed by atoms with Crippen molar-refractivity contribution in [2.24, 2.45) is 5.92 Å². The van der Waals surface area contributed by atoms with Crippen LogP contribution in [0.4, 0.5) is 4.39 Å². The zero-order valence-corrected chi connectivity index (χ0v) is 11.1. The Bertz CT molecular complexity index is 366. The van der Waals surface area contributed by atoms with Gasteiger partial charge in [-0.15, -0.1) is 6.58 Å².